The van der Waals surface area contributed by atoms with Crippen molar-refractivity contribution in [3.63, 3.8) is 0 Å². The van der Waals surface area contributed by atoms with E-state index in [1.165, 1.54) is 11.1 Å². The fourth-order valence-electron chi connectivity index (χ4n) is 1.90. The van der Waals surface area contributed by atoms with Gasteiger partial charge in [0.25, 0.3) is 0 Å². The Morgan fingerprint density at radius 3 is 2.53 bits per heavy atom. The third-order valence-electron chi connectivity index (χ3n) is 3.05. The van der Waals surface area contributed by atoms with Crippen LogP contribution in [-0.2, 0) is 4.79 Å². The van der Waals surface area contributed by atoms with Crippen molar-refractivity contribution in [1.82, 2.24) is 0 Å². The number of rotatable bonds is 0. The minimum Gasteiger partial charge on any atom is -0.372 e. The number of carbonyl (C=O) groups excluding carboxylic acids is 1. The summed E-state index contributed by atoms with van der Waals surface area (Å²) in [6, 6.07) is 4.02. The number of nitrogens with zero attached hydrogens (tertiary/aromatic N) is 1. The fourth-order valence-corrected chi connectivity index (χ4v) is 1.90. The Morgan fingerprint density at radius 2 is 1.87 bits per heavy atom. The summed E-state index contributed by atoms with van der Waals surface area (Å²) in [5, 5.41) is 3.22. The van der Waals surface area contributed by atoms with E-state index in [1.807, 2.05) is 14.0 Å². The maximum Gasteiger partial charge on any atom is 0.248 e. The van der Waals surface area contributed by atoms with Crippen LogP contribution in [0.5, 0.6) is 0 Å². The first-order valence-corrected chi connectivity index (χ1v) is 5.16. The number of benzene rings is 1. The van der Waals surface area contributed by atoms with Crippen LogP contribution in [0.4, 0.5) is 11.4 Å². The monoisotopic (exact) mass is 204 g/mol. The Labute approximate surface area is 90.1 Å². The summed E-state index contributed by atoms with van der Waals surface area (Å²) in [6.07, 6.45) is 0. The van der Waals surface area contributed by atoms with E-state index in [0.717, 1.165) is 11.4 Å². The van der Waals surface area contributed by atoms with Crippen molar-refractivity contribution in [1.29, 1.82) is 0 Å². The normalized spacial score (nSPS) is 19.9. The Kier molecular flexibility index (Phi) is 2.18. The van der Waals surface area contributed by atoms with Crippen LogP contribution in [0.1, 0.15) is 18.1 Å². The van der Waals surface area contributed by atoms with Gasteiger partial charge in [-0.3, -0.25) is 4.79 Å². The number of aryl methyl sites for hydroxylation is 2. The largest absolute Gasteiger partial charge is 0.372 e. The van der Waals surface area contributed by atoms with E-state index < -0.39 is 0 Å². The molecular formula is C12H16N2O. The van der Waals surface area contributed by atoms with Gasteiger partial charge in [-0.1, -0.05) is 0 Å². The Bertz CT molecular complexity index is 426. The van der Waals surface area contributed by atoms with Gasteiger partial charge in [-0.05, 0) is 44.0 Å². The molecule has 1 aromatic rings. The molecule has 15 heavy (non-hydrogen) atoms. The van der Waals surface area contributed by atoms with Crippen molar-refractivity contribution in [2.75, 3.05) is 17.3 Å². The van der Waals surface area contributed by atoms with Gasteiger partial charge in [0.1, 0.15) is 6.04 Å². The Hall–Kier alpha value is -1.51. The zero-order valence-electron chi connectivity index (χ0n) is 9.59. The summed E-state index contributed by atoms with van der Waals surface area (Å²) in [4.78, 5) is 13.5. The van der Waals surface area contributed by atoms with Crippen LogP contribution in [0.15, 0.2) is 12.1 Å². The van der Waals surface area contributed by atoms with E-state index in [1.54, 1.807) is 4.90 Å². The van der Waals surface area contributed by atoms with Crippen LogP contribution in [0, 0.1) is 13.8 Å². The lowest BCUT2D eigenvalue weighted by atomic mass is 10.0. The maximum atomic E-state index is 11.7. The van der Waals surface area contributed by atoms with Gasteiger partial charge in [-0.2, -0.15) is 0 Å². The predicted molar refractivity (Wildman–Crippen MR) is 62.4 cm³/mol. The van der Waals surface area contributed by atoms with Crippen molar-refractivity contribution < 1.29 is 4.79 Å². The summed E-state index contributed by atoms with van der Waals surface area (Å²) in [7, 11) is 1.83. The fraction of sp³-hybridized carbons (Fsp3) is 0.417. The molecule has 2 rings (SSSR count). The topological polar surface area (TPSA) is 32.3 Å². The highest BCUT2D eigenvalue weighted by molar-refractivity contribution is 6.04. The lowest BCUT2D eigenvalue weighted by molar-refractivity contribution is -0.118. The summed E-state index contributed by atoms with van der Waals surface area (Å²) in [5.74, 6) is 0.116. The van der Waals surface area contributed by atoms with Crippen molar-refractivity contribution in [2.45, 2.75) is 26.8 Å². The second-order valence-corrected chi connectivity index (χ2v) is 4.22. The average Bonchev–Trinajstić information content (AvgIpc) is 2.19. The molecule has 80 valence electrons. The number of carbonyl (C=O) groups is 1. The lowest BCUT2D eigenvalue weighted by Crippen LogP contribution is -2.43. The minimum absolute atomic E-state index is 0.116. The molecule has 0 saturated heterocycles. The van der Waals surface area contributed by atoms with Crippen molar-refractivity contribution in [2.24, 2.45) is 0 Å². The zero-order chi connectivity index (χ0) is 11.2. The number of hydrogen-bond acceptors (Lipinski definition) is 2. The number of fused-ring (bicyclic) bond motifs is 1. The molecule has 3 nitrogen and oxygen atoms in total. The van der Waals surface area contributed by atoms with Crippen LogP contribution in [0.2, 0.25) is 0 Å². The van der Waals surface area contributed by atoms with E-state index in [2.05, 4.69) is 31.3 Å². The summed E-state index contributed by atoms with van der Waals surface area (Å²) < 4.78 is 0. The summed E-state index contributed by atoms with van der Waals surface area (Å²) in [6.45, 7) is 6.03. The molecule has 0 saturated carbocycles. The summed E-state index contributed by atoms with van der Waals surface area (Å²) >= 11 is 0. The van der Waals surface area contributed by atoms with Gasteiger partial charge in [0.05, 0.1) is 11.4 Å². The molecule has 0 fully saturated rings. The second kappa shape index (κ2) is 3.26. The number of anilines is 2. The van der Waals surface area contributed by atoms with Gasteiger partial charge in [0.2, 0.25) is 5.91 Å². The predicted octanol–water partition coefficient (Wildman–Crippen LogP) is 2.08. The van der Waals surface area contributed by atoms with Crippen LogP contribution >= 0.6 is 0 Å². The first kappa shape index (κ1) is 10.0. The molecule has 0 aromatic heterocycles. The van der Waals surface area contributed by atoms with Gasteiger partial charge in [-0.15, -0.1) is 0 Å². The standard InChI is InChI=1S/C12H16N2O/c1-7-5-10-11(6-8(7)2)14(4)12(15)9(3)13-10/h5-6,9,13H,1-4H3. The van der Waals surface area contributed by atoms with E-state index in [4.69, 9.17) is 0 Å². The van der Waals surface area contributed by atoms with E-state index in [-0.39, 0.29) is 11.9 Å². The molecule has 0 radical (unpaired) electrons. The SMILES string of the molecule is Cc1cc2c(cc1C)N(C)C(=O)C(C)N2. The number of likely N-dealkylation sites (N-methyl/N-ethyl adjacent to an activating group) is 1. The first-order valence-electron chi connectivity index (χ1n) is 5.16. The number of amides is 1. The quantitative estimate of drug-likeness (QED) is 0.701. The van der Waals surface area contributed by atoms with Crippen LogP contribution in [0.3, 0.4) is 0 Å². The molecule has 1 heterocycles. The van der Waals surface area contributed by atoms with E-state index >= 15 is 0 Å². The Balaban J connectivity index is 2.56. The molecule has 1 aromatic carbocycles. The number of hydrogen-bond donors (Lipinski definition) is 1. The van der Waals surface area contributed by atoms with Gasteiger partial charge < -0.3 is 10.2 Å². The van der Waals surface area contributed by atoms with Gasteiger partial charge in [-0.25, -0.2) is 0 Å². The van der Waals surface area contributed by atoms with Crippen molar-refractivity contribution in [3.05, 3.63) is 23.3 Å². The van der Waals surface area contributed by atoms with Gasteiger partial charge in [0, 0.05) is 7.05 Å². The Morgan fingerprint density at radius 1 is 1.27 bits per heavy atom. The van der Waals surface area contributed by atoms with Crippen molar-refractivity contribution >= 4 is 17.3 Å². The van der Waals surface area contributed by atoms with Crippen LogP contribution in [-0.4, -0.2) is 19.0 Å². The minimum atomic E-state index is -0.135. The summed E-state index contributed by atoms with van der Waals surface area (Å²) in [5.41, 5.74) is 4.48. The average molecular weight is 204 g/mol. The third-order valence-corrected chi connectivity index (χ3v) is 3.05. The smallest absolute Gasteiger partial charge is 0.248 e. The van der Waals surface area contributed by atoms with E-state index in [0.29, 0.717) is 0 Å². The third kappa shape index (κ3) is 1.48. The molecule has 0 aliphatic carbocycles. The highest BCUT2D eigenvalue weighted by Crippen LogP contribution is 2.32. The molecule has 1 aliphatic heterocycles. The molecule has 1 unspecified atom stereocenters. The lowest BCUT2D eigenvalue weighted by Gasteiger charge is -2.32. The molecule has 3 heteroatoms. The highest BCUT2D eigenvalue weighted by atomic mass is 16.2. The second-order valence-electron chi connectivity index (χ2n) is 4.22. The maximum absolute atomic E-state index is 11.7. The molecule has 0 spiro atoms. The molecular weight excluding hydrogens is 188 g/mol. The zero-order valence-corrected chi connectivity index (χ0v) is 9.59. The molecule has 1 aliphatic rings. The molecule has 0 bridgehead atoms. The van der Waals surface area contributed by atoms with Gasteiger partial charge >= 0.3 is 0 Å². The van der Waals surface area contributed by atoms with Crippen LogP contribution < -0.4 is 10.2 Å². The van der Waals surface area contributed by atoms with Gasteiger partial charge in [0.15, 0.2) is 0 Å². The molecule has 1 N–H and O–H groups in total. The van der Waals surface area contributed by atoms with E-state index in [9.17, 15) is 4.79 Å². The molecule has 1 amide bonds. The number of nitrogens with one attached hydrogen (secondary N) is 1. The molecule has 1 atom stereocenters. The van der Waals surface area contributed by atoms with Crippen LogP contribution in [0.25, 0.3) is 0 Å². The highest BCUT2D eigenvalue weighted by Gasteiger charge is 2.26. The van der Waals surface area contributed by atoms with Crippen molar-refractivity contribution in [3.8, 4) is 0 Å². The first-order chi connectivity index (χ1) is 7.00.